The molecule has 0 saturated heterocycles. The normalized spacial score (nSPS) is 10.6. The van der Waals surface area contributed by atoms with Crippen LogP contribution in [0.2, 0.25) is 0 Å². The highest BCUT2D eigenvalue weighted by atomic mass is 16.6. The summed E-state index contributed by atoms with van der Waals surface area (Å²) in [4.78, 5) is 24.0. The van der Waals surface area contributed by atoms with E-state index < -0.39 is 11.9 Å². The van der Waals surface area contributed by atoms with Gasteiger partial charge in [0.2, 0.25) is 0 Å². The summed E-state index contributed by atoms with van der Waals surface area (Å²) in [7, 11) is 0. The number of hydrogen-bond donors (Lipinski definition) is 0. The highest BCUT2D eigenvalue weighted by Crippen LogP contribution is 2.43. The molecule has 0 bridgehead atoms. The molecule has 0 aliphatic carbocycles. The van der Waals surface area contributed by atoms with Crippen LogP contribution in [-0.4, -0.2) is 38.4 Å². The number of ether oxygens (including phenoxy) is 4. The van der Waals surface area contributed by atoms with Crippen LogP contribution in [-0.2, 0) is 19.1 Å². The quantitative estimate of drug-likeness (QED) is 0.259. The molecule has 0 saturated carbocycles. The van der Waals surface area contributed by atoms with Gasteiger partial charge in [0.05, 0.1) is 0 Å². The Kier molecular flexibility index (Phi) is 7.49. The van der Waals surface area contributed by atoms with Crippen LogP contribution in [0.5, 0.6) is 11.5 Å². The number of aryl methyl sites for hydroxylation is 2. The molecule has 0 spiro atoms. The summed E-state index contributed by atoms with van der Waals surface area (Å²) in [6, 6.07) is 11.7. The van der Waals surface area contributed by atoms with Gasteiger partial charge in [0, 0.05) is 21.5 Å². The Bertz CT molecular complexity index is 1080. The monoisotopic (exact) mass is 434 g/mol. The maximum absolute atomic E-state index is 12.0. The number of carbonyl (C=O) groups is 2. The highest BCUT2D eigenvalue weighted by molar-refractivity contribution is 6.11. The Balaban J connectivity index is 2.09. The molecular weight excluding hydrogens is 408 g/mol. The maximum Gasteiger partial charge on any atom is 0.344 e. The minimum absolute atomic E-state index is 0.122. The summed E-state index contributed by atoms with van der Waals surface area (Å²) in [5.74, 6) is 0.124. The van der Waals surface area contributed by atoms with E-state index in [1.165, 1.54) is 12.2 Å². The second-order valence-corrected chi connectivity index (χ2v) is 7.28. The molecule has 6 nitrogen and oxygen atoms in total. The third-order valence-electron chi connectivity index (χ3n) is 4.72. The van der Waals surface area contributed by atoms with Crippen LogP contribution in [0.3, 0.4) is 0 Å². The lowest BCUT2D eigenvalue weighted by Gasteiger charge is -2.18. The molecule has 3 aromatic rings. The number of benzene rings is 3. The van der Waals surface area contributed by atoms with Crippen LogP contribution in [0.4, 0.5) is 0 Å². The largest absolute Gasteiger partial charge is 0.481 e. The summed E-state index contributed by atoms with van der Waals surface area (Å²) < 4.78 is 22.0. The predicted octanol–water partition coefficient (Wildman–Crippen LogP) is 4.83. The molecule has 0 unspecified atom stereocenters. The van der Waals surface area contributed by atoms with Crippen LogP contribution in [0.25, 0.3) is 21.5 Å². The van der Waals surface area contributed by atoms with Gasteiger partial charge in [0.1, 0.15) is 24.7 Å². The van der Waals surface area contributed by atoms with Gasteiger partial charge in [-0.05, 0) is 26.0 Å². The molecule has 0 aliphatic heterocycles. The average Bonchev–Trinajstić information content (AvgIpc) is 2.78. The number of fused-ring (bicyclic) bond motifs is 2. The van der Waals surface area contributed by atoms with Crippen molar-refractivity contribution in [1.82, 2.24) is 0 Å². The van der Waals surface area contributed by atoms with E-state index in [0.29, 0.717) is 11.5 Å². The second kappa shape index (κ2) is 10.5. The molecule has 3 aromatic carbocycles. The van der Waals surface area contributed by atoms with Crippen molar-refractivity contribution in [2.45, 2.75) is 13.8 Å². The van der Waals surface area contributed by atoms with Crippen molar-refractivity contribution in [3.05, 3.63) is 72.8 Å². The fourth-order valence-electron chi connectivity index (χ4n) is 3.34. The number of esters is 2. The van der Waals surface area contributed by atoms with E-state index in [0.717, 1.165) is 32.7 Å². The van der Waals surface area contributed by atoms with Crippen LogP contribution in [0.15, 0.2) is 61.7 Å². The van der Waals surface area contributed by atoms with Gasteiger partial charge in [-0.3, -0.25) is 0 Å². The Morgan fingerprint density at radius 3 is 1.50 bits per heavy atom. The van der Waals surface area contributed by atoms with E-state index in [-0.39, 0.29) is 26.4 Å². The van der Waals surface area contributed by atoms with Crippen LogP contribution in [0, 0.1) is 13.8 Å². The SMILES string of the molecule is C=CCOC(=O)COc1c2ccc(C)cc2c(OCC(=O)OCC=C)c2ccc(C)cc12. The molecule has 32 heavy (non-hydrogen) atoms. The van der Waals surface area contributed by atoms with Crippen molar-refractivity contribution in [2.75, 3.05) is 26.4 Å². The van der Waals surface area contributed by atoms with Crippen molar-refractivity contribution in [2.24, 2.45) is 0 Å². The average molecular weight is 434 g/mol. The molecule has 0 heterocycles. The summed E-state index contributed by atoms with van der Waals surface area (Å²) in [5.41, 5.74) is 2.03. The molecule has 0 fully saturated rings. The minimum Gasteiger partial charge on any atom is -0.481 e. The molecule has 6 heteroatoms. The number of rotatable bonds is 10. The van der Waals surface area contributed by atoms with E-state index in [1.54, 1.807) is 0 Å². The second-order valence-electron chi connectivity index (χ2n) is 7.28. The smallest absolute Gasteiger partial charge is 0.344 e. The first-order chi connectivity index (χ1) is 15.4. The van der Waals surface area contributed by atoms with Gasteiger partial charge in [-0.25, -0.2) is 9.59 Å². The summed E-state index contributed by atoms with van der Waals surface area (Å²) in [5, 5.41) is 3.07. The zero-order valence-corrected chi connectivity index (χ0v) is 18.3. The van der Waals surface area contributed by atoms with Gasteiger partial charge in [0.15, 0.2) is 13.2 Å². The molecular formula is C26H26O6. The topological polar surface area (TPSA) is 71.1 Å². The fourth-order valence-corrected chi connectivity index (χ4v) is 3.34. The van der Waals surface area contributed by atoms with Crippen molar-refractivity contribution in [3.63, 3.8) is 0 Å². The molecule has 0 N–H and O–H groups in total. The van der Waals surface area contributed by atoms with Crippen LogP contribution >= 0.6 is 0 Å². The van der Waals surface area contributed by atoms with Gasteiger partial charge in [-0.2, -0.15) is 0 Å². The van der Waals surface area contributed by atoms with Crippen molar-refractivity contribution in [3.8, 4) is 11.5 Å². The molecule has 0 aliphatic rings. The third kappa shape index (κ3) is 5.27. The minimum atomic E-state index is -0.490. The van der Waals surface area contributed by atoms with Crippen molar-refractivity contribution >= 4 is 33.5 Å². The van der Waals surface area contributed by atoms with Crippen molar-refractivity contribution < 1.29 is 28.5 Å². The summed E-state index contributed by atoms with van der Waals surface area (Å²) in [6.07, 6.45) is 3.00. The maximum atomic E-state index is 12.0. The number of carbonyl (C=O) groups excluding carboxylic acids is 2. The Morgan fingerprint density at radius 2 is 1.12 bits per heavy atom. The number of hydrogen-bond acceptors (Lipinski definition) is 6. The van der Waals surface area contributed by atoms with Crippen LogP contribution in [0.1, 0.15) is 11.1 Å². The van der Waals surface area contributed by atoms with Gasteiger partial charge in [-0.1, -0.05) is 60.7 Å². The van der Waals surface area contributed by atoms with E-state index in [9.17, 15) is 9.59 Å². The fraction of sp³-hybridized carbons (Fsp3) is 0.231. The van der Waals surface area contributed by atoms with E-state index in [4.69, 9.17) is 18.9 Å². The lowest BCUT2D eigenvalue weighted by Crippen LogP contribution is -2.16. The molecule has 0 aromatic heterocycles. The Morgan fingerprint density at radius 1 is 0.719 bits per heavy atom. The highest BCUT2D eigenvalue weighted by Gasteiger charge is 2.19. The van der Waals surface area contributed by atoms with Crippen molar-refractivity contribution in [1.29, 1.82) is 0 Å². The van der Waals surface area contributed by atoms with E-state index in [2.05, 4.69) is 13.2 Å². The zero-order chi connectivity index (χ0) is 23.1. The predicted molar refractivity (Wildman–Crippen MR) is 124 cm³/mol. The lowest BCUT2D eigenvalue weighted by molar-refractivity contribution is -0.145. The summed E-state index contributed by atoms with van der Waals surface area (Å²) >= 11 is 0. The molecule has 166 valence electrons. The third-order valence-corrected chi connectivity index (χ3v) is 4.72. The van der Waals surface area contributed by atoms with E-state index >= 15 is 0 Å². The lowest BCUT2D eigenvalue weighted by atomic mass is 9.98. The van der Waals surface area contributed by atoms with Crippen LogP contribution < -0.4 is 9.47 Å². The molecule has 3 rings (SSSR count). The van der Waals surface area contributed by atoms with Gasteiger partial charge < -0.3 is 18.9 Å². The first-order valence-corrected chi connectivity index (χ1v) is 10.2. The van der Waals surface area contributed by atoms with E-state index in [1.807, 2.05) is 50.2 Å². The molecule has 0 atom stereocenters. The Labute approximate surface area is 187 Å². The van der Waals surface area contributed by atoms with Gasteiger partial charge in [0.25, 0.3) is 0 Å². The molecule has 0 radical (unpaired) electrons. The first kappa shape index (κ1) is 22.9. The molecule has 0 amide bonds. The van der Waals surface area contributed by atoms with Gasteiger partial charge >= 0.3 is 11.9 Å². The standard InChI is InChI=1S/C26H26O6/c1-5-11-29-23(27)15-31-25-19-9-7-18(4)14-22(19)26(32-16-24(28)30-12-6-2)20-10-8-17(3)13-21(20)25/h5-10,13-14H,1-2,11-12,15-16H2,3-4H3. The first-order valence-electron chi connectivity index (χ1n) is 10.2. The summed E-state index contributed by atoms with van der Waals surface area (Å²) in [6.45, 7) is 10.8. The zero-order valence-electron chi connectivity index (χ0n) is 18.3. The Hall–Kier alpha value is -3.80. The van der Waals surface area contributed by atoms with Gasteiger partial charge in [-0.15, -0.1) is 0 Å².